The Morgan fingerprint density at radius 1 is 1.19 bits per heavy atom. The number of aliphatic hydroxyl groups excluding tert-OH is 1. The highest BCUT2D eigenvalue weighted by Gasteiger charge is 2.14. The van der Waals surface area contributed by atoms with Crippen molar-refractivity contribution < 1.29 is 19.1 Å². The third-order valence-corrected chi connectivity index (χ3v) is 4.92. The van der Waals surface area contributed by atoms with Crippen LogP contribution in [0.1, 0.15) is 17.4 Å². The molecule has 6 nitrogen and oxygen atoms in total. The van der Waals surface area contributed by atoms with E-state index in [-0.39, 0.29) is 12.6 Å². The van der Waals surface area contributed by atoms with Gasteiger partial charge in [0, 0.05) is 6.54 Å². The summed E-state index contributed by atoms with van der Waals surface area (Å²) in [5.74, 6) is 1.94. The first-order valence-corrected chi connectivity index (χ1v) is 9.50. The third kappa shape index (κ3) is 5.35. The van der Waals surface area contributed by atoms with Gasteiger partial charge in [0.1, 0.15) is 23.4 Å². The highest BCUT2D eigenvalue weighted by molar-refractivity contribution is 7.13. The summed E-state index contributed by atoms with van der Waals surface area (Å²) in [6.07, 6.45) is -0.187. The lowest BCUT2D eigenvalue weighted by Gasteiger charge is -2.11. The zero-order chi connectivity index (χ0) is 19.1. The van der Waals surface area contributed by atoms with E-state index in [1.54, 1.807) is 24.5 Å². The molecule has 142 valence electrons. The summed E-state index contributed by atoms with van der Waals surface area (Å²) >= 11 is 1.57. The fourth-order valence-corrected chi connectivity index (χ4v) is 3.23. The molecule has 0 aliphatic carbocycles. The molecule has 1 unspecified atom stereocenters. The molecule has 7 heteroatoms. The molecule has 0 saturated carbocycles. The van der Waals surface area contributed by atoms with E-state index < -0.39 is 6.10 Å². The second kappa shape index (κ2) is 9.25. The maximum atomic E-state index is 11.9. The monoisotopic (exact) mass is 386 g/mol. The molecule has 0 aliphatic rings. The van der Waals surface area contributed by atoms with Crippen LogP contribution in [-0.4, -0.2) is 31.3 Å². The number of hydrogen-bond donors (Lipinski definition) is 3. The van der Waals surface area contributed by atoms with Gasteiger partial charge in [0.15, 0.2) is 0 Å². The van der Waals surface area contributed by atoms with Crippen molar-refractivity contribution in [2.45, 2.75) is 12.5 Å². The van der Waals surface area contributed by atoms with Gasteiger partial charge in [0.25, 0.3) is 0 Å². The number of benzene rings is 1. The zero-order valence-corrected chi connectivity index (χ0v) is 15.8. The summed E-state index contributed by atoms with van der Waals surface area (Å²) in [5, 5.41) is 17.6. The fourth-order valence-electron chi connectivity index (χ4n) is 2.55. The van der Waals surface area contributed by atoms with Crippen molar-refractivity contribution in [1.29, 1.82) is 0 Å². The number of rotatable bonds is 8. The Morgan fingerprint density at radius 2 is 2.00 bits per heavy atom. The lowest BCUT2D eigenvalue weighted by molar-refractivity contribution is 0.149. The quantitative estimate of drug-likeness (QED) is 0.552. The molecule has 0 radical (unpaired) electrons. The maximum absolute atomic E-state index is 11.9. The number of urea groups is 1. The van der Waals surface area contributed by atoms with Gasteiger partial charge in [-0.1, -0.05) is 18.2 Å². The van der Waals surface area contributed by atoms with Crippen molar-refractivity contribution in [3.8, 4) is 16.4 Å². The Hall–Kier alpha value is -2.77. The Balaban J connectivity index is 1.39. The number of hydrogen-bond acceptors (Lipinski definition) is 5. The molecule has 2 aromatic heterocycles. The fraction of sp³-hybridized carbons (Fsp3) is 0.250. The van der Waals surface area contributed by atoms with Crippen molar-refractivity contribution in [1.82, 2.24) is 10.6 Å². The molecule has 1 aromatic carbocycles. The number of carbonyl (C=O) groups excluding carboxylic acids is 1. The standard InChI is InChI=1S/C20H22N2O4S/c1-25-15-6-4-14(5-7-15)10-11-21-20(24)22-13-16(23)17-8-9-18(26-17)19-3-2-12-27-19/h2-9,12,16,23H,10-11,13H2,1H3,(H2,21,22,24). The Kier molecular flexibility index (Phi) is 6.51. The highest BCUT2D eigenvalue weighted by atomic mass is 32.1. The molecule has 3 rings (SSSR count). The molecule has 0 fully saturated rings. The molecule has 2 amide bonds. The topological polar surface area (TPSA) is 83.7 Å². The first kappa shape index (κ1) is 19.0. The van der Waals surface area contributed by atoms with E-state index in [0.29, 0.717) is 24.5 Å². The van der Waals surface area contributed by atoms with Crippen molar-refractivity contribution in [2.24, 2.45) is 0 Å². The number of nitrogens with one attached hydrogen (secondary N) is 2. The van der Waals surface area contributed by atoms with E-state index in [1.165, 1.54) is 0 Å². The van der Waals surface area contributed by atoms with Gasteiger partial charge in [-0.25, -0.2) is 4.79 Å². The van der Waals surface area contributed by atoms with Crippen molar-refractivity contribution in [2.75, 3.05) is 20.2 Å². The molecule has 0 saturated heterocycles. The molecule has 2 heterocycles. The van der Waals surface area contributed by atoms with Gasteiger partial charge in [-0.15, -0.1) is 11.3 Å². The number of carbonyl (C=O) groups is 1. The van der Waals surface area contributed by atoms with Crippen LogP contribution in [-0.2, 0) is 6.42 Å². The Labute approximate surface area is 161 Å². The SMILES string of the molecule is COc1ccc(CCNC(=O)NCC(O)c2ccc(-c3cccs3)o2)cc1. The van der Waals surface area contributed by atoms with Crippen LogP contribution in [0.15, 0.2) is 58.3 Å². The van der Waals surface area contributed by atoms with Crippen LogP contribution in [0, 0.1) is 0 Å². The minimum absolute atomic E-state index is 0.0752. The van der Waals surface area contributed by atoms with Crippen LogP contribution >= 0.6 is 11.3 Å². The Bertz CT molecular complexity index is 843. The number of amides is 2. The van der Waals surface area contributed by atoms with Crippen LogP contribution in [0.3, 0.4) is 0 Å². The van der Waals surface area contributed by atoms with E-state index >= 15 is 0 Å². The third-order valence-electron chi connectivity index (χ3n) is 4.03. The maximum Gasteiger partial charge on any atom is 0.314 e. The van der Waals surface area contributed by atoms with Crippen LogP contribution in [0.4, 0.5) is 4.79 Å². The second-order valence-electron chi connectivity index (χ2n) is 5.93. The van der Waals surface area contributed by atoms with E-state index in [4.69, 9.17) is 9.15 Å². The molecule has 3 N–H and O–H groups in total. The average Bonchev–Trinajstić information content (AvgIpc) is 3.38. The summed E-state index contributed by atoms with van der Waals surface area (Å²) in [5.41, 5.74) is 1.10. The van der Waals surface area contributed by atoms with Crippen LogP contribution in [0.25, 0.3) is 10.6 Å². The minimum Gasteiger partial charge on any atom is -0.497 e. The first-order valence-electron chi connectivity index (χ1n) is 8.62. The molecule has 1 atom stereocenters. The number of aliphatic hydroxyl groups is 1. The smallest absolute Gasteiger partial charge is 0.314 e. The highest BCUT2D eigenvalue weighted by Crippen LogP contribution is 2.28. The van der Waals surface area contributed by atoms with Crippen molar-refractivity contribution in [3.63, 3.8) is 0 Å². The second-order valence-corrected chi connectivity index (χ2v) is 6.88. The predicted octanol–water partition coefficient (Wildman–Crippen LogP) is 3.59. The molecule has 27 heavy (non-hydrogen) atoms. The minimum atomic E-state index is -0.897. The summed E-state index contributed by atoms with van der Waals surface area (Å²) in [6.45, 7) is 0.573. The van der Waals surface area contributed by atoms with Gasteiger partial charge >= 0.3 is 6.03 Å². The zero-order valence-electron chi connectivity index (χ0n) is 15.0. The number of methoxy groups -OCH3 is 1. The Morgan fingerprint density at radius 3 is 2.70 bits per heavy atom. The van der Waals surface area contributed by atoms with Crippen LogP contribution in [0.5, 0.6) is 5.75 Å². The van der Waals surface area contributed by atoms with Crippen molar-refractivity contribution >= 4 is 17.4 Å². The molecular formula is C20H22N2O4S. The molecule has 3 aromatic rings. The summed E-state index contributed by atoms with van der Waals surface area (Å²) < 4.78 is 10.8. The van der Waals surface area contributed by atoms with Gasteiger partial charge in [-0.2, -0.15) is 0 Å². The van der Waals surface area contributed by atoms with E-state index in [1.807, 2.05) is 47.8 Å². The van der Waals surface area contributed by atoms with Crippen molar-refractivity contribution in [3.05, 3.63) is 65.2 Å². The number of furan rings is 1. The van der Waals surface area contributed by atoms with E-state index in [0.717, 1.165) is 16.2 Å². The van der Waals surface area contributed by atoms with E-state index in [9.17, 15) is 9.90 Å². The largest absolute Gasteiger partial charge is 0.497 e. The lowest BCUT2D eigenvalue weighted by atomic mass is 10.1. The van der Waals surface area contributed by atoms with Crippen LogP contribution < -0.4 is 15.4 Å². The van der Waals surface area contributed by atoms with Gasteiger partial charge < -0.3 is 24.9 Å². The molecule has 0 bridgehead atoms. The van der Waals surface area contributed by atoms with Gasteiger partial charge in [-0.05, 0) is 47.7 Å². The van der Waals surface area contributed by atoms with E-state index in [2.05, 4.69) is 10.6 Å². The number of ether oxygens (including phenoxy) is 1. The van der Waals surface area contributed by atoms with Gasteiger partial charge in [0.2, 0.25) is 0 Å². The molecule has 0 aliphatic heterocycles. The molecule has 0 spiro atoms. The van der Waals surface area contributed by atoms with Crippen LogP contribution in [0.2, 0.25) is 0 Å². The average molecular weight is 386 g/mol. The summed E-state index contributed by atoms with van der Waals surface area (Å²) in [6, 6.07) is 14.8. The molecular weight excluding hydrogens is 364 g/mol. The predicted molar refractivity (Wildman–Crippen MR) is 105 cm³/mol. The summed E-state index contributed by atoms with van der Waals surface area (Å²) in [7, 11) is 1.63. The first-order chi connectivity index (χ1) is 13.2. The number of thiophene rings is 1. The normalized spacial score (nSPS) is 11.8. The summed E-state index contributed by atoms with van der Waals surface area (Å²) in [4.78, 5) is 12.9. The van der Waals surface area contributed by atoms with Gasteiger partial charge in [0.05, 0.1) is 18.5 Å². The van der Waals surface area contributed by atoms with Gasteiger partial charge in [-0.3, -0.25) is 0 Å². The lowest BCUT2D eigenvalue weighted by Crippen LogP contribution is -2.38.